The molecule has 120 valence electrons. The molecule has 0 fully saturated rings. The second-order valence-electron chi connectivity index (χ2n) is 7.03. The van der Waals surface area contributed by atoms with Gasteiger partial charge in [-0.25, -0.2) is 0 Å². The maximum Gasteiger partial charge on any atom is 0.103 e. The zero-order valence-electron chi connectivity index (χ0n) is 14.0. The van der Waals surface area contributed by atoms with Crippen LogP contribution in [0.4, 0.5) is 0 Å². The maximum absolute atomic E-state index is 9.79. The van der Waals surface area contributed by atoms with E-state index in [0.29, 0.717) is 6.61 Å². The van der Waals surface area contributed by atoms with Crippen LogP contribution in [-0.4, -0.2) is 30.0 Å². The Bertz CT molecular complexity index is 410. The smallest absolute Gasteiger partial charge is 0.103 e. The van der Waals surface area contributed by atoms with Crippen molar-refractivity contribution in [2.24, 2.45) is 17.3 Å². The van der Waals surface area contributed by atoms with Gasteiger partial charge in [-0.1, -0.05) is 65.0 Å². The molecule has 0 amide bonds. The molecule has 0 radical (unpaired) electrons. The van der Waals surface area contributed by atoms with Crippen molar-refractivity contribution in [1.82, 2.24) is 0 Å². The molecule has 3 nitrogen and oxygen atoms in total. The van der Waals surface area contributed by atoms with E-state index in [-0.39, 0.29) is 30.5 Å². The summed E-state index contributed by atoms with van der Waals surface area (Å²) in [7, 11) is 0. The van der Waals surface area contributed by atoms with Gasteiger partial charge in [0.1, 0.15) is 5.60 Å². The summed E-state index contributed by atoms with van der Waals surface area (Å²) in [6.07, 6.45) is 0. The van der Waals surface area contributed by atoms with E-state index in [1.807, 2.05) is 32.0 Å². The Morgan fingerprint density at radius 2 is 1.57 bits per heavy atom. The van der Waals surface area contributed by atoms with Gasteiger partial charge in [0.2, 0.25) is 0 Å². The fourth-order valence-electron chi connectivity index (χ4n) is 3.04. The van der Waals surface area contributed by atoms with Crippen molar-refractivity contribution < 1.29 is 14.9 Å². The van der Waals surface area contributed by atoms with Crippen LogP contribution in [0.15, 0.2) is 30.3 Å². The Kier molecular flexibility index (Phi) is 6.39. The van der Waals surface area contributed by atoms with Gasteiger partial charge in [-0.15, -0.1) is 0 Å². The van der Waals surface area contributed by atoms with Crippen LogP contribution in [0.2, 0.25) is 0 Å². The number of hydrogen-bond acceptors (Lipinski definition) is 3. The SMILES string of the molecule is CC(CO)COC(c1ccccc1)(C(C)CO)C(C)(C)C. The molecule has 1 rings (SSSR count). The minimum absolute atomic E-state index is 0.0502. The Morgan fingerprint density at radius 1 is 1.00 bits per heavy atom. The van der Waals surface area contributed by atoms with Gasteiger partial charge in [-0.05, 0) is 11.0 Å². The molecule has 0 saturated heterocycles. The maximum atomic E-state index is 9.79. The lowest BCUT2D eigenvalue weighted by molar-refractivity contribution is -0.176. The fourth-order valence-corrected chi connectivity index (χ4v) is 3.04. The highest BCUT2D eigenvalue weighted by atomic mass is 16.5. The average molecular weight is 294 g/mol. The van der Waals surface area contributed by atoms with E-state index in [1.54, 1.807) is 0 Å². The first-order valence-corrected chi connectivity index (χ1v) is 7.70. The van der Waals surface area contributed by atoms with Gasteiger partial charge >= 0.3 is 0 Å². The van der Waals surface area contributed by atoms with Crippen molar-refractivity contribution in [3.63, 3.8) is 0 Å². The highest BCUT2D eigenvalue weighted by Crippen LogP contribution is 2.48. The summed E-state index contributed by atoms with van der Waals surface area (Å²) >= 11 is 0. The second kappa shape index (κ2) is 7.39. The van der Waals surface area contributed by atoms with Crippen molar-refractivity contribution in [3.05, 3.63) is 35.9 Å². The van der Waals surface area contributed by atoms with Crippen molar-refractivity contribution in [1.29, 1.82) is 0 Å². The van der Waals surface area contributed by atoms with E-state index in [2.05, 4.69) is 32.9 Å². The first-order chi connectivity index (χ1) is 9.79. The minimum atomic E-state index is -0.591. The average Bonchev–Trinajstić information content (AvgIpc) is 2.46. The lowest BCUT2D eigenvalue weighted by Gasteiger charge is -2.49. The second-order valence-corrected chi connectivity index (χ2v) is 7.03. The van der Waals surface area contributed by atoms with E-state index in [4.69, 9.17) is 4.74 Å². The number of aliphatic hydroxyl groups is 2. The Morgan fingerprint density at radius 3 is 2.00 bits per heavy atom. The highest BCUT2D eigenvalue weighted by molar-refractivity contribution is 5.26. The van der Waals surface area contributed by atoms with Gasteiger partial charge in [-0.2, -0.15) is 0 Å². The molecule has 1 aromatic rings. The first kappa shape index (κ1) is 18.1. The van der Waals surface area contributed by atoms with Crippen LogP contribution in [0.3, 0.4) is 0 Å². The molecule has 3 atom stereocenters. The van der Waals surface area contributed by atoms with Crippen LogP contribution in [0.5, 0.6) is 0 Å². The number of aliphatic hydroxyl groups excluding tert-OH is 2. The molecule has 1 aromatic carbocycles. The molecule has 0 aliphatic rings. The molecule has 0 aliphatic heterocycles. The van der Waals surface area contributed by atoms with Gasteiger partial charge < -0.3 is 14.9 Å². The van der Waals surface area contributed by atoms with Crippen LogP contribution in [0.1, 0.15) is 40.2 Å². The molecule has 0 bridgehead atoms. The largest absolute Gasteiger partial charge is 0.396 e. The third kappa shape index (κ3) is 3.85. The van der Waals surface area contributed by atoms with E-state index in [1.165, 1.54) is 0 Å². The molecule has 0 aliphatic carbocycles. The van der Waals surface area contributed by atoms with Crippen LogP contribution in [0.25, 0.3) is 0 Å². The zero-order valence-corrected chi connectivity index (χ0v) is 14.0. The fraction of sp³-hybridized carbons (Fsp3) is 0.667. The van der Waals surface area contributed by atoms with Gasteiger partial charge in [-0.3, -0.25) is 0 Å². The topological polar surface area (TPSA) is 49.7 Å². The first-order valence-electron chi connectivity index (χ1n) is 7.70. The lowest BCUT2D eigenvalue weighted by atomic mass is 9.65. The van der Waals surface area contributed by atoms with E-state index in [9.17, 15) is 10.2 Å². The lowest BCUT2D eigenvalue weighted by Crippen LogP contribution is -2.50. The van der Waals surface area contributed by atoms with Gasteiger partial charge in [0, 0.05) is 25.0 Å². The van der Waals surface area contributed by atoms with Crippen LogP contribution >= 0.6 is 0 Å². The molecule has 3 heteroatoms. The number of hydrogen-bond donors (Lipinski definition) is 2. The van der Waals surface area contributed by atoms with Crippen molar-refractivity contribution in [2.45, 2.75) is 40.2 Å². The summed E-state index contributed by atoms with van der Waals surface area (Å²) in [6, 6.07) is 10.1. The van der Waals surface area contributed by atoms with Crippen molar-refractivity contribution in [3.8, 4) is 0 Å². The molecule has 21 heavy (non-hydrogen) atoms. The Labute approximate surface area is 129 Å². The summed E-state index contributed by atoms with van der Waals surface area (Å²) in [6.45, 7) is 11.0. The normalized spacial score (nSPS) is 18.0. The summed E-state index contributed by atoms with van der Waals surface area (Å²) in [5.74, 6) is 0.0205. The summed E-state index contributed by atoms with van der Waals surface area (Å²) in [4.78, 5) is 0. The van der Waals surface area contributed by atoms with Crippen molar-refractivity contribution in [2.75, 3.05) is 19.8 Å². The third-order valence-corrected chi connectivity index (χ3v) is 4.19. The predicted molar refractivity (Wildman–Crippen MR) is 86.0 cm³/mol. The molecular weight excluding hydrogens is 264 g/mol. The van der Waals surface area contributed by atoms with Crippen molar-refractivity contribution >= 4 is 0 Å². The van der Waals surface area contributed by atoms with Gasteiger partial charge in [0.15, 0.2) is 0 Å². The molecule has 0 aromatic heterocycles. The molecular formula is C18H30O3. The summed E-state index contributed by atoms with van der Waals surface area (Å²) in [5.41, 5.74) is 0.294. The monoisotopic (exact) mass is 294 g/mol. The standard InChI is InChI=1S/C18H30O3/c1-14(11-19)13-21-18(15(2)12-20,17(3,4)5)16-9-7-6-8-10-16/h6-10,14-15,19-20H,11-13H2,1-5H3. The minimum Gasteiger partial charge on any atom is -0.396 e. The van der Waals surface area contributed by atoms with E-state index >= 15 is 0 Å². The number of ether oxygens (including phenoxy) is 1. The molecule has 0 heterocycles. The van der Waals surface area contributed by atoms with Crippen LogP contribution in [-0.2, 0) is 10.3 Å². The Balaban J connectivity index is 3.29. The predicted octanol–water partition coefficient (Wildman–Crippen LogP) is 3.20. The Hall–Kier alpha value is -0.900. The highest BCUT2D eigenvalue weighted by Gasteiger charge is 2.48. The summed E-state index contributed by atoms with van der Waals surface area (Å²) < 4.78 is 6.37. The molecule has 2 N–H and O–H groups in total. The molecule has 0 spiro atoms. The zero-order chi connectivity index (χ0) is 16.1. The number of rotatable bonds is 7. The quantitative estimate of drug-likeness (QED) is 0.812. The van der Waals surface area contributed by atoms with Crippen LogP contribution < -0.4 is 0 Å². The van der Waals surface area contributed by atoms with E-state index in [0.717, 1.165) is 5.56 Å². The third-order valence-electron chi connectivity index (χ3n) is 4.19. The molecule has 0 saturated carbocycles. The molecule has 3 unspecified atom stereocenters. The van der Waals surface area contributed by atoms with Gasteiger partial charge in [0.25, 0.3) is 0 Å². The summed E-state index contributed by atoms with van der Waals surface area (Å²) in [5, 5.41) is 19.1. The van der Waals surface area contributed by atoms with Gasteiger partial charge in [0.05, 0.1) is 6.61 Å². The van der Waals surface area contributed by atoms with Crippen LogP contribution in [0, 0.1) is 17.3 Å². The number of benzene rings is 1. The van der Waals surface area contributed by atoms with E-state index < -0.39 is 5.60 Å².